The van der Waals surface area contributed by atoms with Gasteiger partial charge in [0, 0.05) is 27.3 Å². The van der Waals surface area contributed by atoms with Crippen molar-refractivity contribution in [3.8, 4) is 5.75 Å². The Morgan fingerprint density at radius 3 is 2.53 bits per heavy atom. The summed E-state index contributed by atoms with van der Waals surface area (Å²) in [7, 11) is 0. The van der Waals surface area contributed by atoms with Crippen molar-refractivity contribution in [3.05, 3.63) is 75.0 Å². The molecule has 0 bridgehead atoms. The van der Waals surface area contributed by atoms with Crippen molar-refractivity contribution in [1.82, 2.24) is 14.8 Å². The Morgan fingerprint density at radius 1 is 1.16 bits per heavy atom. The first-order valence-electron chi connectivity index (χ1n) is 9.31. The summed E-state index contributed by atoms with van der Waals surface area (Å²) >= 11 is 25.3. The Labute approximate surface area is 209 Å². The summed E-state index contributed by atoms with van der Waals surface area (Å²) in [5, 5.41) is 13.6. The van der Waals surface area contributed by atoms with Gasteiger partial charge < -0.3 is 10.1 Å². The summed E-state index contributed by atoms with van der Waals surface area (Å²) in [6.45, 7) is 6.06. The summed E-state index contributed by atoms with van der Waals surface area (Å²) in [5.41, 5.74) is 0.517. The monoisotopic (exact) mass is 530 g/mol. The number of aromatic nitrogens is 3. The molecule has 1 aromatic heterocycles. The minimum absolute atomic E-state index is 0.109. The second-order valence-corrected chi connectivity index (χ2v) is 9.23. The van der Waals surface area contributed by atoms with E-state index in [-0.39, 0.29) is 11.7 Å². The van der Waals surface area contributed by atoms with Gasteiger partial charge in [-0.05, 0) is 43.3 Å². The second-order valence-electron chi connectivity index (χ2n) is 6.57. The maximum Gasteiger partial charge on any atom is 0.234 e. The minimum atomic E-state index is -0.460. The lowest BCUT2D eigenvalue weighted by atomic mass is 10.3. The molecule has 1 N–H and O–H groups in total. The van der Waals surface area contributed by atoms with Gasteiger partial charge in [-0.15, -0.1) is 16.8 Å². The predicted octanol–water partition coefficient (Wildman–Crippen LogP) is 6.95. The van der Waals surface area contributed by atoms with Crippen LogP contribution in [0.25, 0.3) is 0 Å². The lowest BCUT2D eigenvalue weighted by Crippen LogP contribution is -2.15. The molecule has 0 spiro atoms. The average Bonchev–Trinajstić information content (AvgIpc) is 3.11. The highest BCUT2D eigenvalue weighted by Crippen LogP contribution is 2.32. The minimum Gasteiger partial charge on any atom is -0.481 e. The van der Waals surface area contributed by atoms with Crippen LogP contribution in [0.5, 0.6) is 5.75 Å². The van der Waals surface area contributed by atoms with Crippen molar-refractivity contribution in [2.45, 2.75) is 24.7 Å². The quantitative estimate of drug-likeness (QED) is 0.239. The Hall–Kier alpha value is -1.90. The second kappa shape index (κ2) is 11.3. The van der Waals surface area contributed by atoms with Crippen molar-refractivity contribution >= 4 is 69.8 Å². The fourth-order valence-corrected chi connectivity index (χ4v) is 4.51. The number of nitrogens with one attached hydrogen (secondary N) is 1. The molecule has 1 unspecified atom stereocenters. The summed E-state index contributed by atoms with van der Waals surface area (Å²) in [6, 6.07) is 9.82. The molecule has 0 aliphatic rings. The van der Waals surface area contributed by atoms with E-state index in [1.165, 1.54) is 11.8 Å². The highest BCUT2D eigenvalue weighted by Gasteiger charge is 2.20. The topological polar surface area (TPSA) is 69.0 Å². The van der Waals surface area contributed by atoms with Crippen LogP contribution in [-0.2, 0) is 11.3 Å². The zero-order chi connectivity index (χ0) is 23.3. The van der Waals surface area contributed by atoms with Gasteiger partial charge in [0.1, 0.15) is 5.75 Å². The number of thioether (sulfide) groups is 1. The molecule has 0 fully saturated rings. The molecule has 168 valence electrons. The van der Waals surface area contributed by atoms with Crippen molar-refractivity contribution in [3.63, 3.8) is 0 Å². The molecule has 1 atom stereocenters. The lowest BCUT2D eigenvalue weighted by Gasteiger charge is -2.16. The molecule has 1 amide bonds. The van der Waals surface area contributed by atoms with Gasteiger partial charge in [-0.25, -0.2) is 0 Å². The lowest BCUT2D eigenvalue weighted by molar-refractivity contribution is -0.113. The number of hydrogen-bond donors (Lipinski definition) is 1. The molecular weight excluding hydrogens is 514 g/mol. The summed E-state index contributed by atoms with van der Waals surface area (Å²) < 4.78 is 7.78. The van der Waals surface area contributed by atoms with Crippen LogP contribution in [0.1, 0.15) is 18.9 Å². The third-order valence-corrected chi connectivity index (χ3v) is 6.03. The van der Waals surface area contributed by atoms with Crippen molar-refractivity contribution in [1.29, 1.82) is 0 Å². The summed E-state index contributed by atoms with van der Waals surface area (Å²) in [5.74, 6) is 0.920. The molecule has 6 nitrogen and oxygen atoms in total. The van der Waals surface area contributed by atoms with E-state index in [0.717, 1.165) is 0 Å². The van der Waals surface area contributed by atoms with Gasteiger partial charge in [-0.2, -0.15) is 0 Å². The van der Waals surface area contributed by atoms with Crippen molar-refractivity contribution in [2.75, 3.05) is 11.1 Å². The maximum atomic E-state index is 12.4. The number of rotatable bonds is 9. The van der Waals surface area contributed by atoms with Gasteiger partial charge in [0.2, 0.25) is 5.91 Å². The molecule has 32 heavy (non-hydrogen) atoms. The summed E-state index contributed by atoms with van der Waals surface area (Å²) in [6.07, 6.45) is 1.25. The number of nitrogens with zero attached hydrogens (tertiary/aromatic N) is 3. The van der Waals surface area contributed by atoms with Gasteiger partial charge in [-0.3, -0.25) is 9.36 Å². The number of anilines is 1. The molecule has 3 rings (SSSR count). The van der Waals surface area contributed by atoms with Gasteiger partial charge in [-0.1, -0.05) is 64.2 Å². The highest BCUT2D eigenvalue weighted by atomic mass is 35.5. The third-order valence-electron chi connectivity index (χ3n) is 4.10. The molecule has 3 aromatic rings. The SMILES string of the molecule is C=CCn1c(SCC(=O)Nc2cc(Cl)cc(Cl)c2)nnc1C(C)Oc1ccc(Cl)cc1Cl. The number of ether oxygens (including phenoxy) is 1. The molecule has 0 saturated carbocycles. The first-order chi connectivity index (χ1) is 15.3. The van der Waals surface area contributed by atoms with Crippen LogP contribution in [0.15, 0.2) is 54.2 Å². The van der Waals surface area contributed by atoms with Crippen LogP contribution in [0.3, 0.4) is 0 Å². The largest absolute Gasteiger partial charge is 0.481 e. The third kappa shape index (κ3) is 6.56. The summed E-state index contributed by atoms with van der Waals surface area (Å²) in [4.78, 5) is 12.4. The van der Waals surface area contributed by atoms with Crippen LogP contribution >= 0.6 is 58.2 Å². The van der Waals surface area contributed by atoms with Crippen LogP contribution < -0.4 is 10.1 Å². The predicted molar refractivity (Wildman–Crippen MR) is 132 cm³/mol. The van der Waals surface area contributed by atoms with E-state index in [0.29, 0.717) is 49.1 Å². The average molecular weight is 532 g/mol. The normalized spacial score (nSPS) is 11.8. The Balaban J connectivity index is 1.69. The maximum absolute atomic E-state index is 12.4. The van der Waals surface area contributed by atoms with E-state index in [1.54, 1.807) is 42.5 Å². The fourth-order valence-electron chi connectivity index (χ4n) is 2.78. The molecule has 11 heteroatoms. The molecule has 1 heterocycles. The fraction of sp³-hybridized carbons (Fsp3) is 0.190. The van der Waals surface area contributed by atoms with Gasteiger partial charge in [0.05, 0.1) is 10.8 Å². The first kappa shape index (κ1) is 24.7. The van der Waals surface area contributed by atoms with Gasteiger partial charge in [0.15, 0.2) is 17.1 Å². The van der Waals surface area contributed by atoms with E-state index < -0.39 is 6.10 Å². The van der Waals surface area contributed by atoms with Gasteiger partial charge >= 0.3 is 0 Å². The van der Waals surface area contributed by atoms with Crippen LogP contribution in [0, 0.1) is 0 Å². The van der Waals surface area contributed by atoms with E-state index in [4.69, 9.17) is 51.1 Å². The first-order valence-corrected chi connectivity index (χ1v) is 11.8. The zero-order valence-electron chi connectivity index (χ0n) is 16.8. The number of benzene rings is 2. The molecule has 0 aliphatic carbocycles. The molecule has 0 radical (unpaired) electrons. The highest BCUT2D eigenvalue weighted by molar-refractivity contribution is 7.99. The van der Waals surface area contributed by atoms with Crippen molar-refractivity contribution < 1.29 is 9.53 Å². The molecule has 0 aliphatic heterocycles. The van der Waals surface area contributed by atoms with Gasteiger partial charge in [0.25, 0.3) is 0 Å². The van der Waals surface area contributed by atoms with Crippen molar-refractivity contribution in [2.24, 2.45) is 0 Å². The van der Waals surface area contributed by atoms with E-state index in [1.807, 2.05) is 11.5 Å². The smallest absolute Gasteiger partial charge is 0.234 e. The number of allylic oxidation sites excluding steroid dienone is 1. The number of carbonyl (C=O) groups excluding carboxylic acids is 1. The molecule has 0 saturated heterocycles. The van der Waals surface area contributed by atoms with Crippen LogP contribution in [0.2, 0.25) is 20.1 Å². The number of hydrogen-bond acceptors (Lipinski definition) is 5. The Bertz CT molecular complexity index is 1120. The van der Waals surface area contributed by atoms with E-state index in [9.17, 15) is 4.79 Å². The number of halogens is 4. The zero-order valence-corrected chi connectivity index (χ0v) is 20.7. The molecule has 2 aromatic carbocycles. The van der Waals surface area contributed by atoms with E-state index in [2.05, 4.69) is 22.1 Å². The standard InChI is InChI=1S/C21H18Cl4N4O2S/c1-3-6-29-20(12(2)31-18-5-4-13(22)10-17(18)25)27-28-21(29)32-11-19(30)26-16-8-14(23)7-15(24)9-16/h3-5,7-10,12H,1,6,11H2,2H3,(H,26,30). The number of amides is 1. The Morgan fingerprint density at radius 2 is 1.88 bits per heavy atom. The number of carbonyl (C=O) groups is 1. The Kier molecular flexibility index (Phi) is 8.73. The molecular formula is C21H18Cl4N4O2S. The van der Waals surface area contributed by atoms with Crippen LogP contribution in [-0.4, -0.2) is 26.4 Å². The van der Waals surface area contributed by atoms with E-state index >= 15 is 0 Å². The van der Waals surface area contributed by atoms with Crippen LogP contribution in [0.4, 0.5) is 5.69 Å².